The maximum atomic E-state index is 11.9. The monoisotopic (exact) mass is 237 g/mol. The van der Waals surface area contributed by atoms with Crippen LogP contribution in [0.4, 0.5) is 4.79 Å². The van der Waals surface area contributed by atoms with E-state index in [0.717, 1.165) is 15.8 Å². The summed E-state index contributed by atoms with van der Waals surface area (Å²) < 4.78 is 8.06. The zero-order valence-corrected chi connectivity index (χ0v) is 10.7. The van der Waals surface area contributed by atoms with Gasteiger partial charge in [-0.25, -0.2) is 4.79 Å². The van der Waals surface area contributed by atoms with E-state index in [2.05, 4.69) is 0 Å². The predicted molar refractivity (Wildman–Crippen MR) is 66.2 cm³/mol. The topological polar surface area (TPSA) is 31.2 Å². The molecule has 0 aliphatic rings. The van der Waals surface area contributed by atoms with Crippen LogP contribution in [0, 0.1) is 6.92 Å². The highest BCUT2D eigenvalue weighted by Crippen LogP contribution is 2.26. The van der Waals surface area contributed by atoms with Crippen molar-refractivity contribution in [3.05, 3.63) is 23.2 Å². The number of hydrogen-bond donors (Lipinski definition) is 0. The summed E-state index contributed by atoms with van der Waals surface area (Å²) >= 11 is 1.64. The van der Waals surface area contributed by atoms with Crippen molar-refractivity contribution in [3.63, 3.8) is 0 Å². The van der Waals surface area contributed by atoms with Crippen molar-refractivity contribution in [1.82, 2.24) is 4.57 Å². The van der Waals surface area contributed by atoms with Crippen molar-refractivity contribution in [1.29, 1.82) is 0 Å². The van der Waals surface area contributed by atoms with Crippen LogP contribution in [0.2, 0.25) is 0 Å². The average Bonchev–Trinajstić information content (AvgIpc) is 2.66. The van der Waals surface area contributed by atoms with Crippen molar-refractivity contribution in [3.8, 4) is 0 Å². The lowest BCUT2D eigenvalue weighted by Crippen LogP contribution is -2.26. The Morgan fingerprint density at radius 1 is 1.44 bits per heavy atom. The molecule has 3 nitrogen and oxygen atoms in total. The molecule has 2 aromatic rings. The molecule has 0 aliphatic heterocycles. The van der Waals surface area contributed by atoms with Crippen molar-refractivity contribution in [2.24, 2.45) is 0 Å². The zero-order valence-electron chi connectivity index (χ0n) is 9.90. The van der Waals surface area contributed by atoms with Gasteiger partial charge in [-0.1, -0.05) is 0 Å². The van der Waals surface area contributed by atoms with Crippen molar-refractivity contribution in [2.45, 2.75) is 33.3 Å². The highest BCUT2D eigenvalue weighted by atomic mass is 32.1. The lowest BCUT2D eigenvalue weighted by molar-refractivity contribution is 0.0544. The molecule has 2 aromatic heterocycles. The Morgan fingerprint density at radius 3 is 2.75 bits per heavy atom. The number of aryl methyl sites for hydroxylation is 1. The summed E-state index contributed by atoms with van der Waals surface area (Å²) in [5, 5.41) is 1.98. The molecule has 2 rings (SSSR count). The number of rotatable bonds is 0. The van der Waals surface area contributed by atoms with Crippen LogP contribution in [-0.2, 0) is 4.74 Å². The molecule has 0 aliphatic carbocycles. The van der Waals surface area contributed by atoms with Crippen LogP contribution in [0.25, 0.3) is 10.2 Å². The summed E-state index contributed by atoms with van der Waals surface area (Å²) in [5.41, 5.74) is 1.57. The molecule has 0 amide bonds. The number of fused-ring (bicyclic) bond motifs is 1. The second-order valence-corrected chi connectivity index (χ2v) is 5.71. The van der Waals surface area contributed by atoms with Crippen molar-refractivity contribution in [2.75, 3.05) is 0 Å². The van der Waals surface area contributed by atoms with Gasteiger partial charge in [0.2, 0.25) is 0 Å². The van der Waals surface area contributed by atoms with E-state index in [0.29, 0.717) is 0 Å². The molecule has 2 heterocycles. The summed E-state index contributed by atoms with van der Waals surface area (Å²) in [5.74, 6) is 0. The molecule has 0 radical (unpaired) electrons. The quantitative estimate of drug-likeness (QED) is 0.698. The number of ether oxygens (including phenoxy) is 1. The van der Waals surface area contributed by atoms with Crippen LogP contribution in [-0.4, -0.2) is 16.3 Å². The third-order valence-electron chi connectivity index (χ3n) is 2.18. The van der Waals surface area contributed by atoms with Crippen LogP contribution in [0.3, 0.4) is 0 Å². The minimum atomic E-state index is -0.461. The van der Waals surface area contributed by atoms with Crippen LogP contribution in [0.1, 0.15) is 26.3 Å². The average molecular weight is 237 g/mol. The van der Waals surface area contributed by atoms with E-state index in [4.69, 9.17) is 4.74 Å². The first-order valence-corrected chi connectivity index (χ1v) is 6.05. The molecule has 0 spiro atoms. The zero-order chi connectivity index (χ0) is 11.9. The van der Waals surface area contributed by atoms with Crippen molar-refractivity contribution >= 4 is 27.6 Å². The standard InChI is InChI=1S/C12H15NO2S/c1-8-7-13(9-5-6-16-10(8)9)11(14)15-12(2,3)4/h5-7H,1-4H3. The number of hydrogen-bond acceptors (Lipinski definition) is 3. The van der Waals surface area contributed by atoms with E-state index >= 15 is 0 Å². The number of aromatic nitrogens is 1. The first-order chi connectivity index (χ1) is 7.38. The molecule has 0 fully saturated rings. The summed E-state index contributed by atoms with van der Waals surface area (Å²) in [7, 11) is 0. The molecule has 16 heavy (non-hydrogen) atoms. The molecule has 0 bridgehead atoms. The van der Waals surface area contributed by atoms with Gasteiger partial charge in [0.05, 0.1) is 10.2 Å². The second kappa shape index (κ2) is 3.63. The Bertz CT molecular complexity index is 531. The van der Waals surface area contributed by atoms with Gasteiger partial charge in [-0.05, 0) is 44.7 Å². The van der Waals surface area contributed by atoms with E-state index in [9.17, 15) is 4.79 Å². The smallest absolute Gasteiger partial charge is 0.419 e. The van der Waals surface area contributed by atoms with Crippen molar-refractivity contribution < 1.29 is 9.53 Å². The second-order valence-electron chi connectivity index (χ2n) is 4.80. The number of nitrogens with zero attached hydrogens (tertiary/aromatic N) is 1. The van der Waals surface area contributed by atoms with E-state index in [-0.39, 0.29) is 6.09 Å². The fourth-order valence-electron chi connectivity index (χ4n) is 1.57. The summed E-state index contributed by atoms with van der Waals surface area (Å²) in [6, 6.07) is 1.94. The Morgan fingerprint density at radius 2 is 2.12 bits per heavy atom. The van der Waals surface area contributed by atoms with Crippen LogP contribution in [0.5, 0.6) is 0 Å². The predicted octanol–water partition coefficient (Wildman–Crippen LogP) is 3.79. The first-order valence-electron chi connectivity index (χ1n) is 5.17. The van der Waals surface area contributed by atoms with Gasteiger partial charge in [-0.15, -0.1) is 11.3 Å². The largest absolute Gasteiger partial charge is 0.443 e. The van der Waals surface area contributed by atoms with Crippen LogP contribution >= 0.6 is 11.3 Å². The number of carbonyl (C=O) groups is 1. The molecule has 86 valence electrons. The number of thiophene rings is 1. The first kappa shape index (κ1) is 11.2. The lowest BCUT2D eigenvalue weighted by Gasteiger charge is -2.19. The molecular weight excluding hydrogens is 222 g/mol. The van der Waals surface area contributed by atoms with Gasteiger partial charge >= 0.3 is 6.09 Å². The summed E-state index contributed by atoms with van der Waals surface area (Å²) in [6.45, 7) is 7.60. The van der Waals surface area contributed by atoms with Gasteiger partial charge in [0.1, 0.15) is 5.60 Å². The molecule has 0 N–H and O–H groups in total. The molecule has 0 aromatic carbocycles. The molecule has 0 unspecified atom stereocenters. The summed E-state index contributed by atoms with van der Waals surface area (Å²) in [4.78, 5) is 11.9. The van der Waals surface area contributed by atoms with Gasteiger partial charge in [-0.2, -0.15) is 0 Å². The highest BCUT2D eigenvalue weighted by molar-refractivity contribution is 7.17. The Labute approximate surface area is 98.6 Å². The van der Waals surface area contributed by atoms with Gasteiger partial charge in [-0.3, -0.25) is 4.57 Å². The van der Waals surface area contributed by atoms with Crippen LogP contribution < -0.4 is 0 Å². The highest BCUT2D eigenvalue weighted by Gasteiger charge is 2.20. The third-order valence-corrected chi connectivity index (χ3v) is 3.21. The van der Waals surface area contributed by atoms with Gasteiger partial charge in [0, 0.05) is 6.20 Å². The van der Waals surface area contributed by atoms with Crippen LogP contribution in [0.15, 0.2) is 17.6 Å². The SMILES string of the molecule is Cc1cn(C(=O)OC(C)(C)C)c2ccsc12. The molecule has 0 atom stereocenters. The Balaban J connectivity index is 2.40. The third kappa shape index (κ3) is 1.97. The van der Waals surface area contributed by atoms with E-state index in [1.54, 1.807) is 15.9 Å². The minimum absolute atomic E-state index is 0.316. The lowest BCUT2D eigenvalue weighted by atomic mass is 10.2. The molecular formula is C12H15NO2S. The Hall–Kier alpha value is -1.29. The van der Waals surface area contributed by atoms with E-state index in [1.807, 2.05) is 45.3 Å². The normalized spacial score (nSPS) is 12.0. The maximum absolute atomic E-state index is 11.9. The minimum Gasteiger partial charge on any atom is -0.443 e. The summed E-state index contributed by atoms with van der Waals surface area (Å²) in [6.07, 6.45) is 1.51. The molecule has 0 saturated carbocycles. The molecule has 4 heteroatoms. The fraction of sp³-hybridized carbons (Fsp3) is 0.417. The molecule has 0 saturated heterocycles. The number of carbonyl (C=O) groups excluding carboxylic acids is 1. The van der Waals surface area contributed by atoms with E-state index in [1.165, 1.54) is 0 Å². The van der Waals surface area contributed by atoms with E-state index < -0.39 is 5.60 Å². The van der Waals surface area contributed by atoms with Gasteiger partial charge in [0.15, 0.2) is 0 Å². The Kier molecular flexibility index (Phi) is 2.54. The fourth-order valence-corrected chi connectivity index (χ4v) is 2.43. The van der Waals surface area contributed by atoms with Gasteiger partial charge in [0.25, 0.3) is 0 Å². The maximum Gasteiger partial charge on any atom is 0.419 e. The van der Waals surface area contributed by atoms with Gasteiger partial charge < -0.3 is 4.74 Å².